The van der Waals surface area contributed by atoms with Crippen molar-refractivity contribution in [2.24, 2.45) is 0 Å². The molecule has 11 heavy (non-hydrogen) atoms. The molecule has 3 nitrogen and oxygen atoms in total. The van der Waals surface area contributed by atoms with Crippen molar-refractivity contribution in [3.05, 3.63) is 0 Å². The number of aliphatic carboxylic acids is 1. The van der Waals surface area contributed by atoms with E-state index in [0.717, 1.165) is 0 Å². The fourth-order valence-corrected chi connectivity index (χ4v) is 0.650. The lowest BCUT2D eigenvalue weighted by molar-refractivity contribution is -0.137. The van der Waals surface area contributed by atoms with E-state index in [1.807, 2.05) is 0 Å². The molecule has 0 aliphatic rings. The molecule has 0 radical (unpaired) electrons. The first kappa shape index (κ1) is 13.1. The molecule has 0 rings (SSSR count). The molecule has 0 saturated carbocycles. The Balaban J connectivity index is 0. The second-order valence-electron chi connectivity index (χ2n) is 2.30. The number of halogens is 1. The second-order valence-corrected chi connectivity index (χ2v) is 2.30. The molecule has 0 amide bonds. The predicted molar refractivity (Wildman–Crippen MR) is 44.0 cm³/mol. The maximum atomic E-state index is 10.3. The normalized spacial score (nSPS) is 8.45. The molecule has 0 fully saturated rings. The third-order valence-corrected chi connectivity index (χ3v) is 1.17. The Bertz CT molecular complexity index is 118. The smallest absolute Gasteiger partial charge is 0.303 e. The summed E-state index contributed by atoms with van der Waals surface area (Å²) in [5.41, 5.74) is 0. The average Bonchev–Trinajstić information content (AvgIpc) is 1.79. The molecule has 1 N–H and O–H groups in total. The van der Waals surface area contributed by atoms with E-state index in [1.54, 1.807) is 0 Å². The van der Waals surface area contributed by atoms with Crippen molar-refractivity contribution in [1.82, 2.24) is 0 Å². The first-order chi connectivity index (χ1) is 4.63. The van der Waals surface area contributed by atoms with Gasteiger partial charge in [-0.2, -0.15) is 0 Å². The Morgan fingerprint density at radius 2 is 1.64 bits per heavy atom. The number of hydrogen-bond donors (Lipinski definition) is 1. The Morgan fingerprint density at radius 1 is 1.18 bits per heavy atom. The topological polar surface area (TPSA) is 54.4 Å². The quantitative estimate of drug-likeness (QED) is 0.655. The van der Waals surface area contributed by atoms with Crippen molar-refractivity contribution >= 4 is 24.2 Å². The minimum absolute atomic E-state index is 0. The Labute approximate surface area is 72.2 Å². The molecule has 4 heteroatoms. The van der Waals surface area contributed by atoms with Gasteiger partial charge in [0.05, 0.1) is 0 Å². The second kappa shape index (κ2) is 7.54. The van der Waals surface area contributed by atoms with Crippen LogP contribution in [0.2, 0.25) is 0 Å². The minimum atomic E-state index is -0.788. The first-order valence-corrected chi connectivity index (χ1v) is 3.34. The van der Waals surface area contributed by atoms with Gasteiger partial charge in [0.25, 0.3) is 0 Å². The molecule has 0 bridgehead atoms. The monoisotopic (exact) mass is 180 g/mol. The van der Waals surface area contributed by atoms with Crippen LogP contribution in [-0.4, -0.2) is 16.9 Å². The molecule has 0 aliphatic heterocycles. The van der Waals surface area contributed by atoms with Crippen LogP contribution in [0, 0.1) is 0 Å². The summed E-state index contributed by atoms with van der Waals surface area (Å²) < 4.78 is 0. The highest BCUT2D eigenvalue weighted by Gasteiger charge is 1.97. The molecular weight excluding hydrogens is 168 g/mol. The number of unbranched alkanes of at least 4 members (excludes halogenated alkanes) is 1. The summed E-state index contributed by atoms with van der Waals surface area (Å²) in [6.45, 7) is 1.51. The maximum Gasteiger partial charge on any atom is 0.303 e. The highest BCUT2D eigenvalue weighted by Crippen LogP contribution is 1.99. The highest BCUT2D eigenvalue weighted by molar-refractivity contribution is 5.85. The van der Waals surface area contributed by atoms with E-state index in [9.17, 15) is 9.59 Å². The van der Waals surface area contributed by atoms with Gasteiger partial charge in [-0.1, -0.05) is 0 Å². The largest absolute Gasteiger partial charge is 0.481 e. The fraction of sp³-hybridized carbons (Fsp3) is 0.714. The maximum absolute atomic E-state index is 10.3. The summed E-state index contributed by atoms with van der Waals surface area (Å²) in [5.74, 6) is -0.658. The SMILES string of the molecule is CC(=O)CCCCC(=O)O.Cl. The standard InChI is InChI=1S/C7H12O3.ClH/c1-6(8)4-2-3-5-7(9)10;/h2-5H2,1H3,(H,9,10);1H. The lowest BCUT2D eigenvalue weighted by atomic mass is 10.1. The van der Waals surface area contributed by atoms with Crippen molar-refractivity contribution in [2.45, 2.75) is 32.6 Å². The van der Waals surface area contributed by atoms with Gasteiger partial charge in [0, 0.05) is 12.8 Å². The van der Waals surface area contributed by atoms with Gasteiger partial charge in [-0.25, -0.2) is 0 Å². The Morgan fingerprint density at radius 3 is 2.00 bits per heavy atom. The lowest BCUT2D eigenvalue weighted by Crippen LogP contribution is -1.95. The first-order valence-electron chi connectivity index (χ1n) is 3.34. The highest BCUT2D eigenvalue weighted by atomic mass is 35.5. The van der Waals surface area contributed by atoms with Gasteiger partial charge in [-0.3, -0.25) is 4.79 Å². The van der Waals surface area contributed by atoms with E-state index >= 15 is 0 Å². The van der Waals surface area contributed by atoms with Crippen molar-refractivity contribution in [3.8, 4) is 0 Å². The summed E-state index contributed by atoms with van der Waals surface area (Å²) >= 11 is 0. The van der Waals surface area contributed by atoms with Gasteiger partial charge in [0.15, 0.2) is 0 Å². The van der Waals surface area contributed by atoms with Crippen molar-refractivity contribution in [3.63, 3.8) is 0 Å². The molecule has 0 saturated heterocycles. The molecule has 0 heterocycles. The van der Waals surface area contributed by atoms with Crippen LogP contribution in [-0.2, 0) is 9.59 Å². The molecule has 0 spiro atoms. The van der Waals surface area contributed by atoms with Crippen LogP contribution < -0.4 is 0 Å². The van der Waals surface area contributed by atoms with Gasteiger partial charge < -0.3 is 9.90 Å². The van der Waals surface area contributed by atoms with Crippen LogP contribution in [0.5, 0.6) is 0 Å². The van der Waals surface area contributed by atoms with Gasteiger partial charge >= 0.3 is 5.97 Å². The zero-order chi connectivity index (χ0) is 7.98. The van der Waals surface area contributed by atoms with Gasteiger partial charge in [0.2, 0.25) is 0 Å². The number of carbonyl (C=O) groups excluding carboxylic acids is 1. The third kappa shape index (κ3) is 12.6. The number of carbonyl (C=O) groups is 2. The van der Waals surface area contributed by atoms with Crippen molar-refractivity contribution in [2.75, 3.05) is 0 Å². The van der Waals surface area contributed by atoms with E-state index in [0.29, 0.717) is 19.3 Å². The zero-order valence-electron chi connectivity index (χ0n) is 6.50. The van der Waals surface area contributed by atoms with Crippen molar-refractivity contribution < 1.29 is 14.7 Å². The van der Waals surface area contributed by atoms with E-state index in [2.05, 4.69) is 0 Å². The van der Waals surface area contributed by atoms with Crippen LogP contribution in [0.15, 0.2) is 0 Å². The molecule has 0 aromatic heterocycles. The van der Waals surface area contributed by atoms with E-state index in [-0.39, 0.29) is 24.6 Å². The van der Waals surface area contributed by atoms with Gasteiger partial charge in [-0.05, 0) is 19.8 Å². The zero-order valence-corrected chi connectivity index (χ0v) is 7.32. The summed E-state index contributed by atoms with van der Waals surface area (Å²) in [4.78, 5) is 20.3. The van der Waals surface area contributed by atoms with Gasteiger partial charge in [-0.15, -0.1) is 12.4 Å². The summed E-state index contributed by atoms with van der Waals surface area (Å²) in [7, 11) is 0. The number of ketones is 1. The van der Waals surface area contributed by atoms with Crippen molar-refractivity contribution in [1.29, 1.82) is 0 Å². The summed E-state index contributed by atoms with van der Waals surface area (Å²) in [6, 6.07) is 0. The molecule has 0 unspecified atom stereocenters. The Hall–Kier alpha value is -0.570. The number of carboxylic acids is 1. The van der Waals surface area contributed by atoms with Crippen LogP contribution in [0.4, 0.5) is 0 Å². The number of Topliss-reactive ketones (excluding diaryl/α,β-unsaturated/α-hetero) is 1. The Kier molecular flexibility index (Phi) is 8.94. The molecular formula is C7H13ClO3. The fourth-order valence-electron chi connectivity index (χ4n) is 0.650. The van der Waals surface area contributed by atoms with Crippen LogP contribution in [0.3, 0.4) is 0 Å². The van der Waals surface area contributed by atoms with Crippen LogP contribution >= 0.6 is 12.4 Å². The molecule has 0 atom stereocenters. The van der Waals surface area contributed by atoms with Crippen LogP contribution in [0.1, 0.15) is 32.6 Å². The number of hydrogen-bond acceptors (Lipinski definition) is 2. The van der Waals surface area contributed by atoms with E-state index < -0.39 is 5.97 Å². The molecule has 0 aliphatic carbocycles. The van der Waals surface area contributed by atoms with Crippen LogP contribution in [0.25, 0.3) is 0 Å². The van der Waals surface area contributed by atoms with Gasteiger partial charge in [0.1, 0.15) is 5.78 Å². The summed E-state index contributed by atoms with van der Waals surface area (Å²) in [6.07, 6.45) is 1.98. The van der Waals surface area contributed by atoms with E-state index in [1.165, 1.54) is 6.92 Å². The average molecular weight is 181 g/mol. The molecule has 0 aromatic rings. The predicted octanol–water partition coefficient (Wildman–Crippen LogP) is 1.64. The number of carboxylic acid groups (broad SMARTS) is 1. The number of rotatable bonds is 5. The molecule has 0 aromatic carbocycles. The lowest BCUT2D eigenvalue weighted by Gasteiger charge is -1.92. The molecule has 66 valence electrons. The van der Waals surface area contributed by atoms with E-state index in [4.69, 9.17) is 5.11 Å². The summed E-state index contributed by atoms with van der Waals surface area (Å²) in [5, 5.41) is 8.19. The third-order valence-electron chi connectivity index (χ3n) is 1.17. The minimum Gasteiger partial charge on any atom is -0.481 e.